The lowest BCUT2D eigenvalue weighted by Gasteiger charge is -2.19. The van der Waals surface area contributed by atoms with E-state index in [0.717, 1.165) is 33.0 Å². The van der Waals surface area contributed by atoms with Gasteiger partial charge in [0.2, 0.25) is 0 Å². The van der Waals surface area contributed by atoms with Gasteiger partial charge in [0.15, 0.2) is 17.5 Å². The molecule has 0 N–H and O–H groups in total. The van der Waals surface area contributed by atoms with Gasteiger partial charge in [0, 0.05) is 16.7 Å². The van der Waals surface area contributed by atoms with E-state index < -0.39 is 0 Å². The maximum atomic E-state index is 5.10. The van der Waals surface area contributed by atoms with E-state index >= 15 is 0 Å². The van der Waals surface area contributed by atoms with Crippen LogP contribution in [-0.2, 0) is 0 Å². The molecule has 0 atom stereocenters. The highest BCUT2D eigenvalue weighted by atomic mass is 15.0. The van der Waals surface area contributed by atoms with Crippen LogP contribution in [0.2, 0.25) is 0 Å². The van der Waals surface area contributed by atoms with Crippen molar-refractivity contribution in [3.63, 3.8) is 0 Å². The minimum atomic E-state index is 0.643. The van der Waals surface area contributed by atoms with Gasteiger partial charge in [0.25, 0.3) is 0 Å². The van der Waals surface area contributed by atoms with Crippen LogP contribution >= 0.6 is 0 Å². The fraction of sp³-hybridized carbons (Fsp3) is 0. The quantitative estimate of drug-likeness (QED) is 0.172. The van der Waals surface area contributed by atoms with Crippen molar-refractivity contribution in [2.24, 2.45) is 0 Å². The zero-order valence-electron chi connectivity index (χ0n) is 28.2. The Morgan fingerprint density at radius 1 is 0.231 bits per heavy atom. The number of benzene rings is 9. The third kappa shape index (κ3) is 5.02. The average Bonchev–Trinajstić information content (AvgIpc) is 3.22. The summed E-state index contributed by atoms with van der Waals surface area (Å²) in [6.45, 7) is 0. The van der Waals surface area contributed by atoms with Crippen LogP contribution in [0.3, 0.4) is 0 Å². The van der Waals surface area contributed by atoms with E-state index in [9.17, 15) is 0 Å². The lowest BCUT2D eigenvalue weighted by molar-refractivity contribution is 1.08. The lowest BCUT2D eigenvalue weighted by Crippen LogP contribution is -2.00. The molecule has 10 rings (SSSR count). The van der Waals surface area contributed by atoms with Gasteiger partial charge >= 0.3 is 0 Å². The third-order valence-electron chi connectivity index (χ3n) is 10.1. The van der Waals surface area contributed by atoms with Crippen molar-refractivity contribution in [2.45, 2.75) is 0 Å². The number of aromatic nitrogens is 3. The minimum absolute atomic E-state index is 0.643. The van der Waals surface area contributed by atoms with Gasteiger partial charge in [-0.15, -0.1) is 0 Å². The van der Waals surface area contributed by atoms with Crippen LogP contribution in [0.1, 0.15) is 0 Å². The van der Waals surface area contributed by atoms with Crippen LogP contribution in [0.25, 0.3) is 99.5 Å². The van der Waals surface area contributed by atoms with Crippen molar-refractivity contribution in [3.8, 4) is 56.4 Å². The van der Waals surface area contributed by atoms with Gasteiger partial charge in [-0.05, 0) is 65.3 Å². The molecule has 1 aromatic heterocycles. The second kappa shape index (κ2) is 12.4. The van der Waals surface area contributed by atoms with Crippen LogP contribution in [0.4, 0.5) is 0 Å². The van der Waals surface area contributed by atoms with Crippen LogP contribution in [0.5, 0.6) is 0 Å². The highest BCUT2D eigenvalue weighted by molar-refractivity contribution is 6.23. The van der Waals surface area contributed by atoms with Crippen LogP contribution in [-0.4, -0.2) is 15.0 Å². The molecule has 0 amide bonds. The van der Waals surface area contributed by atoms with Gasteiger partial charge in [-0.3, -0.25) is 0 Å². The Bertz CT molecular complexity index is 2880. The Labute approximate surface area is 301 Å². The number of rotatable bonds is 5. The third-order valence-corrected chi connectivity index (χ3v) is 10.1. The van der Waals surface area contributed by atoms with Gasteiger partial charge < -0.3 is 0 Å². The number of nitrogens with zero attached hydrogens (tertiary/aromatic N) is 3. The summed E-state index contributed by atoms with van der Waals surface area (Å²) in [5, 5.41) is 9.68. The summed E-state index contributed by atoms with van der Waals surface area (Å²) < 4.78 is 0. The Balaban J connectivity index is 1.15. The van der Waals surface area contributed by atoms with Crippen LogP contribution in [0, 0.1) is 0 Å². The number of hydrogen-bond donors (Lipinski definition) is 0. The van der Waals surface area contributed by atoms with Crippen molar-refractivity contribution in [2.75, 3.05) is 0 Å². The topological polar surface area (TPSA) is 38.7 Å². The zero-order chi connectivity index (χ0) is 34.4. The van der Waals surface area contributed by atoms with Crippen molar-refractivity contribution < 1.29 is 0 Å². The average molecular weight is 662 g/mol. The summed E-state index contributed by atoms with van der Waals surface area (Å²) in [5.74, 6) is 1.95. The maximum absolute atomic E-state index is 5.10. The Morgan fingerprint density at radius 2 is 0.615 bits per heavy atom. The fourth-order valence-corrected chi connectivity index (χ4v) is 7.72. The maximum Gasteiger partial charge on any atom is 0.164 e. The molecule has 0 spiro atoms. The second-order valence-corrected chi connectivity index (χ2v) is 13.1. The van der Waals surface area contributed by atoms with Gasteiger partial charge in [-0.25, -0.2) is 15.0 Å². The molecule has 0 aliphatic heterocycles. The molecule has 3 nitrogen and oxygen atoms in total. The molecule has 0 bridgehead atoms. The SMILES string of the molecule is c1ccc(-c2nc(-c3ccc(-c4c5ccccc5c(-c5cccc6ccccc56)c5ccccc45)cc3)nc(-c3cccc4ccccc34)n2)cc1. The van der Waals surface area contributed by atoms with Crippen molar-refractivity contribution >= 4 is 43.1 Å². The Morgan fingerprint density at radius 3 is 1.19 bits per heavy atom. The first-order chi connectivity index (χ1) is 25.8. The standard InChI is InChI=1S/C49H31N3/c1-2-16-35(17-3-1)47-50-48(52-49(51-47)44-27-13-19-33-15-5-7-21-38(33)44)36-30-28-34(29-31-36)45-40-22-8-10-24-42(40)46(43-25-11-9-23-41(43)45)39-26-12-18-32-14-4-6-20-37(32)39/h1-31H. The van der Waals surface area contributed by atoms with Gasteiger partial charge in [-0.2, -0.15) is 0 Å². The highest BCUT2D eigenvalue weighted by Crippen LogP contribution is 2.45. The predicted octanol–water partition coefficient (Wildman–Crippen LogP) is 12.8. The van der Waals surface area contributed by atoms with Gasteiger partial charge in [0.1, 0.15) is 0 Å². The summed E-state index contributed by atoms with van der Waals surface area (Å²) >= 11 is 0. The molecule has 0 aliphatic carbocycles. The van der Waals surface area contributed by atoms with Gasteiger partial charge in [-0.1, -0.05) is 188 Å². The molecular formula is C49H31N3. The molecule has 0 unspecified atom stereocenters. The molecular weight excluding hydrogens is 631 g/mol. The molecule has 0 saturated carbocycles. The highest BCUT2D eigenvalue weighted by Gasteiger charge is 2.19. The summed E-state index contributed by atoms with van der Waals surface area (Å²) in [7, 11) is 0. The lowest BCUT2D eigenvalue weighted by atomic mass is 9.84. The number of hydrogen-bond acceptors (Lipinski definition) is 3. The normalized spacial score (nSPS) is 11.5. The van der Waals surface area contributed by atoms with Crippen molar-refractivity contribution in [1.82, 2.24) is 15.0 Å². The van der Waals surface area contributed by atoms with Crippen LogP contribution < -0.4 is 0 Å². The van der Waals surface area contributed by atoms with E-state index in [1.807, 2.05) is 30.3 Å². The molecule has 0 saturated heterocycles. The molecule has 0 radical (unpaired) electrons. The molecule has 10 aromatic rings. The van der Waals surface area contributed by atoms with Crippen molar-refractivity contribution in [1.29, 1.82) is 0 Å². The van der Waals surface area contributed by atoms with Crippen LogP contribution in [0.15, 0.2) is 188 Å². The molecule has 52 heavy (non-hydrogen) atoms. The van der Waals surface area contributed by atoms with Gasteiger partial charge in [0.05, 0.1) is 0 Å². The van der Waals surface area contributed by atoms with E-state index in [1.165, 1.54) is 49.0 Å². The monoisotopic (exact) mass is 661 g/mol. The summed E-state index contributed by atoms with van der Waals surface area (Å²) in [6, 6.07) is 66.5. The Kier molecular flexibility index (Phi) is 7.14. The van der Waals surface area contributed by atoms with E-state index in [-0.39, 0.29) is 0 Å². The predicted molar refractivity (Wildman–Crippen MR) is 217 cm³/mol. The number of fused-ring (bicyclic) bond motifs is 4. The first-order valence-corrected chi connectivity index (χ1v) is 17.6. The molecule has 3 heteroatoms. The first kappa shape index (κ1) is 29.9. The largest absolute Gasteiger partial charge is 0.208 e. The molecule has 0 fully saturated rings. The molecule has 1 heterocycles. The first-order valence-electron chi connectivity index (χ1n) is 17.6. The Hall–Kier alpha value is -6.97. The molecule has 0 aliphatic rings. The second-order valence-electron chi connectivity index (χ2n) is 13.1. The summed E-state index contributed by atoms with van der Waals surface area (Å²) in [4.78, 5) is 15.1. The van der Waals surface area contributed by atoms with E-state index in [2.05, 4.69) is 158 Å². The smallest absolute Gasteiger partial charge is 0.164 e. The summed E-state index contributed by atoms with van der Waals surface area (Å²) in [6.07, 6.45) is 0. The zero-order valence-corrected chi connectivity index (χ0v) is 28.2. The van der Waals surface area contributed by atoms with E-state index in [1.54, 1.807) is 0 Å². The summed E-state index contributed by atoms with van der Waals surface area (Å²) in [5.41, 5.74) is 7.76. The van der Waals surface area contributed by atoms with Crippen molar-refractivity contribution in [3.05, 3.63) is 188 Å². The minimum Gasteiger partial charge on any atom is -0.208 e. The molecule has 9 aromatic carbocycles. The van der Waals surface area contributed by atoms with E-state index in [4.69, 9.17) is 15.0 Å². The fourth-order valence-electron chi connectivity index (χ4n) is 7.72. The molecule has 242 valence electrons. The van der Waals surface area contributed by atoms with E-state index in [0.29, 0.717) is 17.5 Å².